The first-order valence-corrected chi connectivity index (χ1v) is 12.7. The number of fused-ring (bicyclic) bond motifs is 1. The molecular formula is C23H22ClF3N4O2S. The molecule has 11 heteroatoms. The number of halogens is 4. The van der Waals surface area contributed by atoms with Gasteiger partial charge in [-0.3, -0.25) is 4.98 Å². The van der Waals surface area contributed by atoms with E-state index in [4.69, 9.17) is 11.6 Å². The van der Waals surface area contributed by atoms with E-state index in [9.17, 15) is 26.9 Å². The van der Waals surface area contributed by atoms with Gasteiger partial charge in [-0.25, -0.2) is 8.42 Å². The fourth-order valence-corrected chi connectivity index (χ4v) is 5.76. The maximum Gasteiger partial charge on any atom is 0.404 e. The summed E-state index contributed by atoms with van der Waals surface area (Å²) in [5.41, 5.74) is 2.11. The molecule has 0 amide bonds. The molecule has 1 aromatic carbocycles. The van der Waals surface area contributed by atoms with E-state index in [1.165, 1.54) is 12.1 Å². The molecule has 1 aliphatic rings. The molecule has 0 bridgehead atoms. The SMILES string of the molecule is CC(NS(=O)(=O)c1ccc(-c2c(C#N)c3cc(Cl)ccc3n2C2CCCCC2)nc1)C(F)(F)F. The summed E-state index contributed by atoms with van der Waals surface area (Å²) in [6, 6.07) is 8.07. The van der Waals surface area contributed by atoms with Crippen LogP contribution in [0.2, 0.25) is 5.02 Å². The van der Waals surface area contributed by atoms with Crippen LogP contribution >= 0.6 is 11.6 Å². The lowest BCUT2D eigenvalue weighted by Gasteiger charge is -2.26. The van der Waals surface area contributed by atoms with Crippen LogP contribution in [-0.2, 0) is 10.0 Å². The van der Waals surface area contributed by atoms with Gasteiger partial charge in [-0.2, -0.15) is 23.2 Å². The molecule has 0 radical (unpaired) electrons. The number of aromatic nitrogens is 2. The average Bonchev–Trinajstić information content (AvgIpc) is 3.12. The summed E-state index contributed by atoms with van der Waals surface area (Å²) in [6.07, 6.45) is 1.38. The van der Waals surface area contributed by atoms with Crippen LogP contribution in [0.3, 0.4) is 0 Å². The van der Waals surface area contributed by atoms with Crippen LogP contribution in [0.25, 0.3) is 22.3 Å². The van der Waals surface area contributed by atoms with Gasteiger partial charge in [0.05, 0.1) is 22.5 Å². The Labute approximate surface area is 200 Å². The van der Waals surface area contributed by atoms with Crippen molar-refractivity contribution in [2.75, 3.05) is 0 Å². The van der Waals surface area contributed by atoms with Crippen LogP contribution in [0, 0.1) is 11.3 Å². The van der Waals surface area contributed by atoms with Gasteiger partial charge in [-0.05, 0) is 50.1 Å². The zero-order chi connectivity index (χ0) is 24.7. The lowest BCUT2D eigenvalue weighted by molar-refractivity contribution is -0.147. The van der Waals surface area contributed by atoms with Gasteiger partial charge in [-0.1, -0.05) is 30.9 Å². The Bertz CT molecular complexity index is 1360. The van der Waals surface area contributed by atoms with E-state index in [2.05, 4.69) is 15.6 Å². The largest absolute Gasteiger partial charge is 0.404 e. The van der Waals surface area contributed by atoms with Gasteiger partial charge in [0.1, 0.15) is 17.0 Å². The number of alkyl halides is 3. The Morgan fingerprint density at radius 1 is 1.21 bits per heavy atom. The predicted molar refractivity (Wildman–Crippen MR) is 123 cm³/mol. The monoisotopic (exact) mass is 510 g/mol. The minimum absolute atomic E-state index is 0.133. The molecule has 1 saturated carbocycles. The van der Waals surface area contributed by atoms with Crippen LogP contribution in [0.5, 0.6) is 0 Å². The van der Waals surface area contributed by atoms with Crippen molar-refractivity contribution < 1.29 is 21.6 Å². The van der Waals surface area contributed by atoms with Crippen LogP contribution in [0.15, 0.2) is 41.4 Å². The van der Waals surface area contributed by atoms with Crippen molar-refractivity contribution >= 4 is 32.5 Å². The lowest BCUT2D eigenvalue weighted by atomic mass is 9.95. The molecule has 0 spiro atoms. The Hall–Kier alpha value is -2.61. The smallest absolute Gasteiger partial charge is 0.335 e. The van der Waals surface area contributed by atoms with E-state index in [0.717, 1.165) is 50.7 Å². The van der Waals surface area contributed by atoms with E-state index >= 15 is 0 Å². The summed E-state index contributed by atoms with van der Waals surface area (Å²) in [5, 5.41) is 11.2. The molecule has 2 aromatic heterocycles. The summed E-state index contributed by atoms with van der Waals surface area (Å²) in [5.74, 6) is 0. The van der Waals surface area contributed by atoms with E-state index in [1.54, 1.807) is 16.9 Å². The summed E-state index contributed by atoms with van der Waals surface area (Å²) >= 11 is 6.20. The third kappa shape index (κ3) is 4.65. The predicted octanol–water partition coefficient (Wildman–Crippen LogP) is 5.96. The maximum absolute atomic E-state index is 12.8. The zero-order valence-corrected chi connectivity index (χ0v) is 19.8. The number of hydrogen-bond donors (Lipinski definition) is 1. The number of benzene rings is 1. The lowest BCUT2D eigenvalue weighted by Crippen LogP contribution is -2.42. The highest BCUT2D eigenvalue weighted by Crippen LogP contribution is 2.40. The molecule has 4 rings (SSSR count). The second-order valence-corrected chi connectivity index (χ2v) is 10.6. The molecule has 1 aliphatic carbocycles. The van der Waals surface area contributed by atoms with Crippen molar-refractivity contribution in [3.8, 4) is 17.5 Å². The molecule has 180 valence electrons. The number of sulfonamides is 1. The number of nitriles is 1. The Morgan fingerprint density at radius 2 is 1.91 bits per heavy atom. The third-order valence-electron chi connectivity index (χ3n) is 6.13. The van der Waals surface area contributed by atoms with Gasteiger partial charge in [0.15, 0.2) is 0 Å². The van der Waals surface area contributed by atoms with Crippen molar-refractivity contribution in [2.45, 2.75) is 62.2 Å². The first-order chi connectivity index (χ1) is 16.0. The zero-order valence-electron chi connectivity index (χ0n) is 18.2. The molecule has 1 N–H and O–H groups in total. The fraction of sp³-hybridized carbons (Fsp3) is 0.391. The molecule has 6 nitrogen and oxygen atoms in total. The summed E-state index contributed by atoms with van der Waals surface area (Å²) in [4.78, 5) is 3.87. The third-order valence-corrected chi connectivity index (χ3v) is 7.89. The molecular weight excluding hydrogens is 489 g/mol. The molecule has 1 unspecified atom stereocenters. The second-order valence-electron chi connectivity index (χ2n) is 8.42. The number of pyridine rings is 1. The highest BCUT2D eigenvalue weighted by molar-refractivity contribution is 7.89. The Morgan fingerprint density at radius 3 is 2.50 bits per heavy atom. The Balaban J connectivity index is 1.82. The van der Waals surface area contributed by atoms with Crippen LogP contribution in [0.1, 0.15) is 50.6 Å². The van der Waals surface area contributed by atoms with Crippen LogP contribution < -0.4 is 4.72 Å². The maximum atomic E-state index is 12.8. The Kier molecular flexibility index (Phi) is 6.64. The minimum atomic E-state index is -4.72. The quantitative estimate of drug-likeness (QED) is 0.458. The minimum Gasteiger partial charge on any atom is -0.335 e. The van der Waals surface area contributed by atoms with Crippen molar-refractivity contribution in [3.05, 3.63) is 47.1 Å². The molecule has 0 saturated heterocycles. The second kappa shape index (κ2) is 9.21. The summed E-state index contributed by atoms with van der Waals surface area (Å²) in [6.45, 7) is 0.728. The van der Waals surface area contributed by atoms with Crippen molar-refractivity contribution in [2.24, 2.45) is 0 Å². The van der Waals surface area contributed by atoms with E-state index in [0.29, 0.717) is 27.4 Å². The molecule has 0 aliphatic heterocycles. The van der Waals surface area contributed by atoms with Crippen LogP contribution in [0.4, 0.5) is 13.2 Å². The fourth-order valence-electron chi connectivity index (χ4n) is 4.42. The standard InChI is InChI=1S/C23H22ClF3N4O2S/c1-14(23(25,26)27)30-34(32,33)17-8-9-20(29-13-17)22-19(12-28)18-11-15(24)7-10-21(18)31(22)16-5-3-2-4-6-16/h7-11,13-14,16,30H,2-6H2,1H3. The van der Waals surface area contributed by atoms with E-state index in [-0.39, 0.29) is 6.04 Å². The topological polar surface area (TPSA) is 87.8 Å². The highest BCUT2D eigenvalue weighted by Gasteiger charge is 2.39. The first kappa shape index (κ1) is 24.5. The van der Waals surface area contributed by atoms with Gasteiger partial charge in [0.2, 0.25) is 10.0 Å². The van der Waals surface area contributed by atoms with Gasteiger partial charge in [0, 0.05) is 22.6 Å². The number of nitrogens with zero attached hydrogens (tertiary/aromatic N) is 3. The van der Waals surface area contributed by atoms with Gasteiger partial charge in [0.25, 0.3) is 0 Å². The first-order valence-electron chi connectivity index (χ1n) is 10.8. The van der Waals surface area contributed by atoms with Gasteiger partial charge in [-0.15, -0.1) is 0 Å². The van der Waals surface area contributed by atoms with Crippen LogP contribution in [-0.4, -0.2) is 30.2 Å². The molecule has 2 heterocycles. The van der Waals surface area contributed by atoms with Crippen molar-refractivity contribution in [1.29, 1.82) is 5.26 Å². The van der Waals surface area contributed by atoms with Crippen molar-refractivity contribution in [3.63, 3.8) is 0 Å². The number of nitrogens with one attached hydrogen (secondary N) is 1. The number of hydrogen-bond acceptors (Lipinski definition) is 4. The summed E-state index contributed by atoms with van der Waals surface area (Å²) in [7, 11) is -4.44. The van der Waals surface area contributed by atoms with Crippen molar-refractivity contribution in [1.82, 2.24) is 14.3 Å². The number of rotatable bonds is 5. The molecule has 1 atom stereocenters. The van der Waals surface area contributed by atoms with Gasteiger partial charge < -0.3 is 4.57 Å². The molecule has 3 aromatic rings. The summed E-state index contributed by atoms with van der Waals surface area (Å²) < 4.78 is 67.0. The van der Waals surface area contributed by atoms with E-state index < -0.39 is 27.1 Å². The highest BCUT2D eigenvalue weighted by atomic mass is 35.5. The average molecular weight is 511 g/mol. The molecule has 34 heavy (non-hydrogen) atoms. The van der Waals surface area contributed by atoms with E-state index in [1.807, 2.05) is 6.07 Å². The normalized spacial score (nSPS) is 16.5. The molecule has 1 fully saturated rings. The van der Waals surface area contributed by atoms with Gasteiger partial charge >= 0.3 is 6.18 Å².